The summed E-state index contributed by atoms with van der Waals surface area (Å²) in [6, 6.07) is 5.19. The number of hydrogen-bond acceptors (Lipinski definition) is 6. The first-order valence-corrected chi connectivity index (χ1v) is 11.3. The summed E-state index contributed by atoms with van der Waals surface area (Å²) < 4.78 is 5.33. The van der Waals surface area contributed by atoms with Gasteiger partial charge in [-0.1, -0.05) is 11.6 Å². The van der Waals surface area contributed by atoms with Gasteiger partial charge < -0.3 is 19.9 Å². The molecule has 0 saturated carbocycles. The Morgan fingerprint density at radius 2 is 2.03 bits per heavy atom. The fourth-order valence-corrected chi connectivity index (χ4v) is 5.36. The summed E-state index contributed by atoms with van der Waals surface area (Å²) >= 11 is 7.75. The van der Waals surface area contributed by atoms with Crippen LogP contribution in [0.25, 0.3) is 0 Å². The average Bonchev–Trinajstić information content (AvgIpc) is 3.17. The van der Waals surface area contributed by atoms with Crippen molar-refractivity contribution in [2.75, 3.05) is 43.5 Å². The molecule has 4 rings (SSSR count). The van der Waals surface area contributed by atoms with Crippen LogP contribution in [0.2, 0.25) is 5.02 Å². The van der Waals surface area contributed by atoms with Gasteiger partial charge in [0.15, 0.2) is 5.13 Å². The lowest BCUT2D eigenvalue weighted by atomic mass is 9.90. The van der Waals surface area contributed by atoms with Gasteiger partial charge in [-0.15, -0.1) is 11.3 Å². The van der Waals surface area contributed by atoms with E-state index in [2.05, 4.69) is 10.2 Å². The number of amides is 2. The SMILES string of the molecule is COc1ccc(Cl)cc1NC(=O)[C@H]1CCc2nc(N3CCN(C(C)=O)CC3)sc2C1. The molecule has 1 aliphatic heterocycles. The van der Waals surface area contributed by atoms with Gasteiger partial charge in [0.2, 0.25) is 11.8 Å². The van der Waals surface area contributed by atoms with Crippen LogP contribution in [-0.2, 0) is 22.4 Å². The lowest BCUT2D eigenvalue weighted by molar-refractivity contribution is -0.129. The number of carbonyl (C=O) groups is 2. The highest BCUT2D eigenvalue weighted by Crippen LogP contribution is 2.35. The molecular formula is C21H25ClN4O3S. The number of rotatable bonds is 4. The van der Waals surface area contributed by atoms with E-state index >= 15 is 0 Å². The van der Waals surface area contributed by atoms with Crippen LogP contribution in [0.3, 0.4) is 0 Å². The third-order valence-corrected chi connectivity index (χ3v) is 7.13. The van der Waals surface area contributed by atoms with Crippen LogP contribution in [0, 0.1) is 5.92 Å². The Labute approximate surface area is 185 Å². The van der Waals surface area contributed by atoms with Gasteiger partial charge in [-0.25, -0.2) is 4.98 Å². The number of thiazole rings is 1. The molecule has 0 unspecified atom stereocenters. The van der Waals surface area contributed by atoms with Crippen LogP contribution >= 0.6 is 22.9 Å². The van der Waals surface area contributed by atoms with Gasteiger partial charge >= 0.3 is 0 Å². The molecule has 7 nitrogen and oxygen atoms in total. The average molecular weight is 449 g/mol. The van der Waals surface area contributed by atoms with Gasteiger partial charge in [0.05, 0.1) is 18.5 Å². The number of aromatic nitrogens is 1. The molecule has 1 N–H and O–H groups in total. The Balaban J connectivity index is 1.41. The lowest BCUT2D eigenvalue weighted by Crippen LogP contribution is -2.48. The van der Waals surface area contributed by atoms with Crippen LogP contribution in [-0.4, -0.2) is 55.0 Å². The molecule has 2 aliphatic rings. The summed E-state index contributed by atoms with van der Waals surface area (Å²) in [5, 5.41) is 4.53. The number of nitrogens with zero attached hydrogens (tertiary/aromatic N) is 3. The van der Waals surface area contributed by atoms with Crippen LogP contribution in [0.4, 0.5) is 10.8 Å². The Kier molecular flexibility index (Phi) is 6.15. The summed E-state index contributed by atoms with van der Waals surface area (Å²) in [5.74, 6) is 0.586. The van der Waals surface area contributed by atoms with Crippen molar-refractivity contribution in [1.82, 2.24) is 9.88 Å². The maximum Gasteiger partial charge on any atom is 0.227 e. The van der Waals surface area contributed by atoms with Crippen LogP contribution in [0.15, 0.2) is 18.2 Å². The van der Waals surface area contributed by atoms with Crippen LogP contribution in [0.5, 0.6) is 5.75 Å². The molecule has 160 valence electrons. The number of nitrogens with one attached hydrogen (secondary N) is 1. The second-order valence-electron chi connectivity index (χ2n) is 7.63. The minimum absolute atomic E-state index is 0.0220. The molecule has 0 bridgehead atoms. The minimum atomic E-state index is -0.107. The van der Waals surface area contributed by atoms with Crippen molar-refractivity contribution >= 4 is 45.6 Å². The largest absolute Gasteiger partial charge is 0.495 e. The molecule has 2 amide bonds. The van der Waals surface area contributed by atoms with Crippen LogP contribution in [0.1, 0.15) is 23.9 Å². The number of piperazine rings is 1. The number of ether oxygens (including phenoxy) is 1. The van der Waals surface area contributed by atoms with Crippen molar-refractivity contribution in [3.63, 3.8) is 0 Å². The van der Waals surface area contributed by atoms with E-state index in [1.165, 1.54) is 4.88 Å². The lowest BCUT2D eigenvalue weighted by Gasteiger charge is -2.33. The molecule has 2 aromatic rings. The van der Waals surface area contributed by atoms with Gasteiger partial charge in [-0.05, 0) is 37.5 Å². The molecule has 2 heterocycles. The van der Waals surface area contributed by atoms with Crippen molar-refractivity contribution in [2.24, 2.45) is 5.92 Å². The molecule has 1 aromatic heterocycles. The van der Waals surface area contributed by atoms with Gasteiger partial charge in [0.1, 0.15) is 5.75 Å². The highest BCUT2D eigenvalue weighted by molar-refractivity contribution is 7.15. The molecule has 30 heavy (non-hydrogen) atoms. The summed E-state index contributed by atoms with van der Waals surface area (Å²) in [4.78, 5) is 34.6. The zero-order valence-corrected chi connectivity index (χ0v) is 18.7. The number of hydrogen-bond donors (Lipinski definition) is 1. The van der Waals surface area contributed by atoms with Gasteiger partial charge in [0, 0.05) is 48.9 Å². The topological polar surface area (TPSA) is 74.8 Å². The number of benzene rings is 1. The van der Waals surface area contributed by atoms with E-state index in [0.29, 0.717) is 22.9 Å². The smallest absolute Gasteiger partial charge is 0.227 e. The summed E-state index contributed by atoms with van der Waals surface area (Å²) in [6.45, 7) is 4.66. The van der Waals surface area contributed by atoms with Crippen molar-refractivity contribution in [3.8, 4) is 5.75 Å². The first-order valence-electron chi connectivity index (χ1n) is 10.1. The fraction of sp³-hybridized carbons (Fsp3) is 0.476. The molecule has 0 spiro atoms. The summed E-state index contributed by atoms with van der Waals surface area (Å²) in [7, 11) is 1.57. The number of halogens is 1. The number of fused-ring (bicyclic) bond motifs is 1. The zero-order valence-electron chi connectivity index (χ0n) is 17.1. The Morgan fingerprint density at radius 1 is 1.27 bits per heavy atom. The predicted molar refractivity (Wildman–Crippen MR) is 119 cm³/mol. The summed E-state index contributed by atoms with van der Waals surface area (Å²) in [5.41, 5.74) is 1.70. The molecule has 1 atom stereocenters. The molecule has 9 heteroatoms. The quantitative estimate of drug-likeness (QED) is 0.777. The standard InChI is InChI=1S/C21H25ClN4O3S/c1-13(27)25-7-9-26(10-8-25)21-24-16-5-3-14(11-19(16)30-21)20(28)23-17-12-15(22)4-6-18(17)29-2/h4,6,12,14H,3,5,7-11H2,1-2H3,(H,23,28)/t14-/m0/s1. The fourth-order valence-electron chi connectivity index (χ4n) is 3.95. The second kappa shape index (κ2) is 8.81. The maximum absolute atomic E-state index is 12.9. The highest BCUT2D eigenvalue weighted by Gasteiger charge is 2.30. The van der Waals surface area contributed by atoms with Gasteiger partial charge in [-0.3, -0.25) is 9.59 Å². The number of methoxy groups -OCH3 is 1. The molecular weight excluding hydrogens is 424 g/mol. The molecule has 1 saturated heterocycles. The van der Waals surface area contributed by atoms with Gasteiger partial charge in [-0.2, -0.15) is 0 Å². The molecule has 0 radical (unpaired) electrons. The van der Waals surface area contributed by atoms with Crippen molar-refractivity contribution in [1.29, 1.82) is 0 Å². The first-order chi connectivity index (χ1) is 14.4. The normalized spacial score (nSPS) is 18.7. The van der Waals surface area contributed by atoms with E-state index in [9.17, 15) is 9.59 Å². The van der Waals surface area contributed by atoms with Gasteiger partial charge in [0.25, 0.3) is 0 Å². The zero-order chi connectivity index (χ0) is 21.3. The Morgan fingerprint density at radius 3 is 2.73 bits per heavy atom. The predicted octanol–water partition coefficient (Wildman–Crippen LogP) is 3.22. The molecule has 1 aromatic carbocycles. The van der Waals surface area contributed by atoms with E-state index < -0.39 is 0 Å². The maximum atomic E-state index is 12.9. The third kappa shape index (κ3) is 4.39. The molecule has 1 fully saturated rings. The van der Waals surface area contributed by atoms with Crippen molar-refractivity contribution in [3.05, 3.63) is 33.8 Å². The van der Waals surface area contributed by atoms with E-state index in [0.717, 1.165) is 49.8 Å². The Hall–Kier alpha value is -2.32. The van der Waals surface area contributed by atoms with E-state index in [1.54, 1.807) is 43.6 Å². The van der Waals surface area contributed by atoms with Crippen LogP contribution < -0.4 is 15.0 Å². The first kappa shape index (κ1) is 20.9. The highest BCUT2D eigenvalue weighted by atomic mass is 35.5. The Bertz CT molecular complexity index is 956. The van der Waals surface area contributed by atoms with Crippen molar-refractivity contribution in [2.45, 2.75) is 26.2 Å². The minimum Gasteiger partial charge on any atom is -0.495 e. The second-order valence-corrected chi connectivity index (χ2v) is 9.13. The summed E-state index contributed by atoms with van der Waals surface area (Å²) in [6.07, 6.45) is 2.25. The third-order valence-electron chi connectivity index (χ3n) is 5.71. The molecule has 1 aliphatic carbocycles. The number of aryl methyl sites for hydroxylation is 1. The number of anilines is 2. The monoisotopic (exact) mass is 448 g/mol. The number of carbonyl (C=O) groups excluding carboxylic acids is 2. The van der Waals surface area contributed by atoms with E-state index in [4.69, 9.17) is 21.3 Å². The van der Waals surface area contributed by atoms with Crippen molar-refractivity contribution < 1.29 is 14.3 Å². The van der Waals surface area contributed by atoms with E-state index in [1.807, 2.05) is 4.90 Å². The van der Waals surface area contributed by atoms with E-state index in [-0.39, 0.29) is 17.7 Å².